The molecule has 0 bridgehead atoms. The number of piperazine rings is 1. The van der Waals surface area contributed by atoms with E-state index < -0.39 is 0 Å². The van der Waals surface area contributed by atoms with Gasteiger partial charge in [-0.15, -0.1) is 0 Å². The Balaban J connectivity index is 2.34. The third-order valence-corrected chi connectivity index (χ3v) is 2.74. The predicted octanol–water partition coefficient (Wildman–Crippen LogP) is -0.157. The van der Waals surface area contributed by atoms with E-state index in [4.69, 9.17) is 11.6 Å². The lowest BCUT2D eigenvalue weighted by Crippen LogP contribution is -2.45. The van der Waals surface area contributed by atoms with Crippen LogP contribution in [0.25, 0.3) is 0 Å². The van der Waals surface area contributed by atoms with E-state index in [0.29, 0.717) is 0 Å². The Labute approximate surface area is 92.6 Å². The van der Waals surface area contributed by atoms with Crippen LogP contribution in [0.2, 0.25) is 5.15 Å². The van der Waals surface area contributed by atoms with Gasteiger partial charge >= 0.3 is 0 Å². The van der Waals surface area contributed by atoms with E-state index >= 15 is 0 Å². The number of anilines is 1. The summed E-state index contributed by atoms with van der Waals surface area (Å²) in [6, 6.07) is 1.54. The number of hydrogen-bond donors (Lipinski definition) is 1. The SMILES string of the molecule is Cn1nc(Cl)c(=O)cc1N1CCNCC1. The molecular weight excluding hydrogens is 216 g/mol. The second-order valence-corrected chi connectivity index (χ2v) is 3.88. The van der Waals surface area contributed by atoms with Crippen molar-refractivity contribution in [1.82, 2.24) is 15.1 Å². The van der Waals surface area contributed by atoms with Gasteiger partial charge in [0.05, 0.1) is 0 Å². The highest BCUT2D eigenvalue weighted by Crippen LogP contribution is 2.11. The summed E-state index contributed by atoms with van der Waals surface area (Å²) in [6.45, 7) is 3.63. The number of aryl methyl sites for hydroxylation is 1. The van der Waals surface area contributed by atoms with Gasteiger partial charge in [-0.25, -0.2) is 0 Å². The minimum absolute atomic E-state index is 0.0244. The molecule has 2 rings (SSSR count). The molecule has 0 aromatic carbocycles. The molecule has 0 spiro atoms. The molecule has 1 aliphatic heterocycles. The van der Waals surface area contributed by atoms with Gasteiger partial charge in [0.2, 0.25) is 5.43 Å². The van der Waals surface area contributed by atoms with Gasteiger partial charge in [0.25, 0.3) is 0 Å². The third kappa shape index (κ3) is 2.13. The fourth-order valence-corrected chi connectivity index (χ4v) is 1.86. The monoisotopic (exact) mass is 228 g/mol. The summed E-state index contributed by atoms with van der Waals surface area (Å²) in [6.07, 6.45) is 0. The number of nitrogens with one attached hydrogen (secondary N) is 1. The van der Waals surface area contributed by atoms with E-state index in [1.54, 1.807) is 17.8 Å². The zero-order valence-electron chi connectivity index (χ0n) is 8.53. The van der Waals surface area contributed by atoms with Crippen molar-refractivity contribution in [2.24, 2.45) is 7.05 Å². The van der Waals surface area contributed by atoms with Gasteiger partial charge in [0.15, 0.2) is 5.15 Å². The van der Waals surface area contributed by atoms with E-state index in [1.807, 2.05) is 0 Å². The second-order valence-electron chi connectivity index (χ2n) is 3.52. The number of aromatic nitrogens is 2. The van der Waals surface area contributed by atoms with Crippen molar-refractivity contribution in [2.45, 2.75) is 0 Å². The number of rotatable bonds is 1. The van der Waals surface area contributed by atoms with Crippen LogP contribution in [0.5, 0.6) is 0 Å². The Morgan fingerprint density at radius 2 is 2.13 bits per heavy atom. The zero-order valence-corrected chi connectivity index (χ0v) is 9.29. The van der Waals surface area contributed by atoms with E-state index in [2.05, 4.69) is 15.3 Å². The van der Waals surface area contributed by atoms with Gasteiger partial charge in [-0.3, -0.25) is 9.48 Å². The molecule has 2 heterocycles. The summed E-state index contributed by atoms with van der Waals surface area (Å²) < 4.78 is 1.65. The molecular formula is C9H13ClN4O. The number of nitrogens with zero attached hydrogens (tertiary/aromatic N) is 3. The highest BCUT2D eigenvalue weighted by atomic mass is 35.5. The van der Waals surface area contributed by atoms with Crippen LogP contribution in [0.4, 0.5) is 5.82 Å². The Morgan fingerprint density at radius 1 is 1.47 bits per heavy atom. The van der Waals surface area contributed by atoms with Crippen molar-refractivity contribution in [3.05, 3.63) is 21.4 Å². The van der Waals surface area contributed by atoms with Crippen LogP contribution < -0.4 is 15.6 Å². The molecule has 0 radical (unpaired) electrons. The maximum atomic E-state index is 11.4. The smallest absolute Gasteiger partial charge is 0.221 e. The third-order valence-electron chi connectivity index (χ3n) is 2.47. The fraction of sp³-hybridized carbons (Fsp3) is 0.556. The first-order valence-corrected chi connectivity index (χ1v) is 5.26. The lowest BCUT2D eigenvalue weighted by Gasteiger charge is -2.30. The maximum absolute atomic E-state index is 11.4. The Bertz CT molecular complexity index is 411. The molecule has 1 aromatic heterocycles. The summed E-state index contributed by atoms with van der Waals surface area (Å²) in [5, 5.41) is 7.23. The molecule has 0 unspecified atom stereocenters. The standard InChI is InChI=1S/C9H13ClN4O/c1-13-8(6-7(15)9(10)12-13)14-4-2-11-3-5-14/h6,11H,2-5H2,1H3. The average molecular weight is 229 g/mol. The van der Waals surface area contributed by atoms with Crippen molar-refractivity contribution >= 4 is 17.4 Å². The number of halogens is 1. The number of hydrogen-bond acceptors (Lipinski definition) is 4. The molecule has 0 atom stereocenters. The molecule has 5 nitrogen and oxygen atoms in total. The lowest BCUT2D eigenvalue weighted by molar-refractivity contribution is 0.567. The van der Waals surface area contributed by atoms with Gasteiger partial charge in [-0.2, -0.15) is 5.10 Å². The van der Waals surface area contributed by atoms with E-state index in [1.165, 1.54) is 0 Å². The van der Waals surface area contributed by atoms with E-state index in [9.17, 15) is 4.79 Å². The van der Waals surface area contributed by atoms with Crippen LogP contribution in [0.15, 0.2) is 10.9 Å². The second kappa shape index (κ2) is 4.20. The van der Waals surface area contributed by atoms with E-state index in [0.717, 1.165) is 32.0 Å². The first-order valence-electron chi connectivity index (χ1n) is 4.88. The van der Waals surface area contributed by atoms with Gasteiger partial charge < -0.3 is 10.2 Å². The van der Waals surface area contributed by atoms with Crippen LogP contribution in [0.1, 0.15) is 0 Å². The van der Waals surface area contributed by atoms with Gasteiger partial charge in [0.1, 0.15) is 5.82 Å². The largest absolute Gasteiger partial charge is 0.354 e. The van der Waals surface area contributed by atoms with Gasteiger partial charge in [-0.1, -0.05) is 11.6 Å². The summed E-state index contributed by atoms with van der Waals surface area (Å²) in [5.41, 5.74) is -0.219. The minimum Gasteiger partial charge on any atom is -0.354 e. The van der Waals surface area contributed by atoms with Crippen LogP contribution in [-0.4, -0.2) is 36.0 Å². The Kier molecular flexibility index (Phi) is 2.93. The van der Waals surface area contributed by atoms with Crippen molar-refractivity contribution in [2.75, 3.05) is 31.1 Å². The van der Waals surface area contributed by atoms with Crippen molar-refractivity contribution in [3.63, 3.8) is 0 Å². The van der Waals surface area contributed by atoms with Gasteiger partial charge in [0, 0.05) is 39.3 Å². The van der Waals surface area contributed by atoms with E-state index in [-0.39, 0.29) is 10.6 Å². The van der Waals surface area contributed by atoms with Crippen molar-refractivity contribution in [1.29, 1.82) is 0 Å². The molecule has 15 heavy (non-hydrogen) atoms. The molecule has 1 saturated heterocycles. The topological polar surface area (TPSA) is 50.2 Å². The molecule has 1 fully saturated rings. The molecule has 6 heteroatoms. The van der Waals surface area contributed by atoms with Crippen LogP contribution >= 0.6 is 11.6 Å². The Morgan fingerprint density at radius 3 is 2.80 bits per heavy atom. The first kappa shape index (κ1) is 10.4. The lowest BCUT2D eigenvalue weighted by atomic mass is 10.3. The minimum atomic E-state index is -0.219. The predicted molar refractivity (Wildman–Crippen MR) is 59.6 cm³/mol. The fourth-order valence-electron chi connectivity index (χ4n) is 1.69. The molecule has 0 saturated carbocycles. The first-order chi connectivity index (χ1) is 7.18. The summed E-state index contributed by atoms with van der Waals surface area (Å²) in [5.74, 6) is 0.825. The van der Waals surface area contributed by atoms with Crippen LogP contribution in [0, 0.1) is 0 Å². The Hall–Kier alpha value is -1.07. The quantitative estimate of drug-likeness (QED) is 0.726. The van der Waals surface area contributed by atoms with Gasteiger partial charge in [-0.05, 0) is 0 Å². The molecule has 0 aliphatic carbocycles. The molecule has 1 aliphatic rings. The highest BCUT2D eigenvalue weighted by molar-refractivity contribution is 6.29. The highest BCUT2D eigenvalue weighted by Gasteiger charge is 2.14. The molecule has 1 N–H and O–H groups in total. The van der Waals surface area contributed by atoms with Crippen molar-refractivity contribution < 1.29 is 0 Å². The maximum Gasteiger partial charge on any atom is 0.221 e. The molecule has 1 aromatic rings. The average Bonchev–Trinajstić information content (AvgIpc) is 2.25. The molecule has 82 valence electrons. The summed E-state index contributed by atoms with van der Waals surface area (Å²) >= 11 is 5.65. The normalized spacial score (nSPS) is 16.8. The summed E-state index contributed by atoms with van der Waals surface area (Å²) in [4.78, 5) is 13.5. The zero-order chi connectivity index (χ0) is 10.8. The molecule has 0 amide bonds. The summed E-state index contributed by atoms with van der Waals surface area (Å²) in [7, 11) is 1.79. The van der Waals surface area contributed by atoms with Crippen molar-refractivity contribution in [3.8, 4) is 0 Å². The van der Waals surface area contributed by atoms with Crippen LogP contribution in [-0.2, 0) is 7.05 Å². The van der Waals surface area contributed by atoms with Crippen LogP contribution in [0.3, 0.4) is 0 Å².